The van der Waals surface area contributed by atoms with Crippen molar-refractivity contribution < 1.29 is 4.74 Å². The van der Waals surface area contributed by atoms with Crippen LogP contribution in [0.4, 0.5) is 0 Å². The van der Waals surface area contributed by atoms with Crippen LogP contribution in [0.5, 0.6) is 5.75 Å². The van der Waals surface area contributed by atoms with E-state index in [2.05, 4.69) is 23.5 Å². The zero-order valence-corrected chi connectivity index (χ0v) is 13.1. The summed E-state index contributed by atoms with van der Waals surface area (Å²) in [6.45, 7) is 1.40. The Morgan fingerprint density at radius 2 is 1.67 bits per heavy atom. The molecule has 0 radical (unpaired) electrons. The quantitative estimate of drug-likeness (QED) is 0.823. The molecule has 21 heavy (non-hydrogen) atoms. The highest BCUT2D eigenvalue weighted by molar-refractivity contribution is 6.34. The molecule has 1 saturated carbocycles. The van der Waals surface area contributed by atoms with Crippen molar-refractivity contribution in [3.63, 3.8) is 0 Å². The Morgan fingerprint density at radius 1 is 1.00 bits per heavy atom. The zero-order valence-electron chi connectivity index (χ0n) is 11.6. The molecule has 110 valence electrons. The Hall–Kier alpha value is -1.22. The van der Waals surface area contributed by atoms with Gasteiger partial charge >= 0.3 is 0 Å². The van der Waals surface area contributed by atoms with Gasteiger partial charge in [0.2, 0.25) is 0 Å². The Bertz CT molecular complexity index is 606. The van der Waals surface area contributed by atoms with Crippen LogP contribution in [0.15, 0.2) is 42.5 Å². The van der Waals surface area contributed by atoms with Crippen molar-refractivity contribution in [2.45, 2.75) is 32.0 Å². The minimum absolute atomic E-state index is 0.513. The van der Waals surface area contributed by atoms with E-state index in [-0.39, 0.29) is 0 Å². The first-order chi connectivity index (χ1) is 10.2. The highest BCUT2D eigenvalue weighted by atomic mass is 35.5. The molecule has 0 spiro atoms. The molecule has 1 aliphatic carbocycles. The molecule has 0 bridgehead atoms. The van der Waals surface area contributed by atoms with Crippen LogP contribution in [0.2, 0.25) is 10.0 Å². The van der Waals surface area contributed by atoms with Gasteiger partial charge in [0, 0.05) is 22.6 Å². The van der Waals surface area contributed by atoms with E-state index >= 15 is 0 Å². The second-order valence-corrected chi connectivity index (χ2v) is 6.19. The molecule has 3 rings (SSSR count). The van der Waals surface area contributed by atoms with Gasteiger partial charge in [0.05, 0.1) is 0 Å². The topological polar surface area (TPSA) is 21.3 Å². The number of rotatable bonds is 6. The minimum Gasteiger partial charge on any atom is -0.489 e. The largest absolute Gasteiger partial charge is 0.489 e. The summed E-state index contributed by atoms with van der Waals surface area (Å²) >= 11 is 12.0. The monoisotopic (exact) mass is 321 g/mol. The summed E-state index contributed by atoms with van der Waals surface area (Å²) in [4.78, 5) is 0. The van der Waals surface area contributed by atoms with Gasteiger partial charge in [0.1, 0.15) is 12.4 Å². The Balaban J connectivity index is 1.66. The molecular formula is C17H17Cl2NO. The molecule has 0 unspecified atom stereocenters. The van der Waals surface area contributed by atoms with E-state index in [4.69, 9.17) is 27.9 Å². The van der Waals surface area contributed by atoms with Crippen molar-refractivity contribution in [2.75, 3.05) is 0 Å². The minimum atomic E-state index is 0.513. The summed E-state index contributed by atoms with van der Waals surface area (Å²) in [5.41, 5.74) is 2.46. The van der Waals surface area contributed by atoms with Gasteiger partial charge in [-0.15, -0.1) is 0 Å². The molecule has 1 fully saturated rings. The molecule has 0 saturated heterocycles. The van der Waals surface area contributed by atoms with Crippen molar-refractivity contribution in [1.29, 1.82) is 0 Å². The number of nitrogens with one attached hydrogen (secondary N) is 1. The molecule has 0 heterocycles. The molecule has 0 aliphatic heterocycles. The molecule has 0 atom stereocenters. The first kappa shape index (κ1) is 14.7. The van der Waals surface area contributed by atoms with E-state index in [1.165, 1.54) is 24.0 Å². The third-order valence-electron chi connectivity index (χ3n) is 3.51. The van der Waals surface area contributed by atoms with E-state index in [1.807, 2.05) is 6.07 Å². The van der Waals surface area contributed by atoms with E-state index in [9.17, 15) is 0 Å². The lowest BCUT2D eigenvalue weighted by Gasteiger charge is -2.12. The molecule has 1 aliphatic rings. The van der Waals surface area contributed by atoms with E-state index in [0.29, 0.717) is 28.4 Å². The Labute approximate surface area is 135 Å². The maximum absolute atomic E-state index is 5.98. The smallest absolute Gasteiger partial charge is 0.122 e. The summed E-state index contributed by atoms with van der Waals surface area (Å²) in [6, 6.07) is 14.3. The second-order valence-electron chi connectivity index (χ2n) is 5.32. The summed E-state index contributed by atoms with van der Waals surface area (Å²) in [5.74, 6) is 0.692. The fourth-order valence-corrected chi connectivity index (χ4v) is 2.69. The number of benzene rings is 2. The van der Waals surface area contributed by atoms with Crippen LogP contribution in [-0.2, 0) is 13.2 Å². The number of hydrogen-bond donors (Lipinski definition) is 1. The third kappa shape index (κ3) is 4.37. The highest BCUT2D eigenvalue weighted by Crippen LogP contribution is 2.25. The summed E-state index contributed by atoms with van der Waals surface area (Å²) < 4.78 is 5.82. The van der Waals surface area contributed by atoms with Gasteiger partial charge in [-0.1, -0.05) is 47.5 Å². The highest BCUT2D eigenvalue weighted by Gasteiger charge is 2.20. The lowest BCUT2D eigenvalue weighted by molar-refractivity contribution is 0.304. The van der Waals surface area contributed by atoms with Crippen LogP contribution in [0, 0.1) is 0 Å². The predicted octanol–water partition coefficient (Wildman–Crippen LogP) is 4.82. The number of halogens is 2. The van der Waals surface area contributed by atoms with Crippen LogP contribution in [0.25, 0.3) is 0 Å². The van der Waals surface area contributed by atoms with Crippen molar-refractivity contribution in [2.24, 2.45) is 0 Å². The Kier molecular flexibility index (Phi) is 4.69. The fraction of sp³-hybridized carbons (Fsp3) is 0.294. The van der Waals surface area contributed by atoms with Crippen LogP contribution < -0.4 is 10.1 Å². The molecule has 2 aromatic carbocycles. The second kappa shape index (κ2) is 6.69. The summed E-state index contributed by atoms with van der Waals surface area (Å²) in [6.07, 6.45) is 2.58. The maximum atomic E-state index is 5.98. The van der Waals surface area contributed by atoms with Crippen LogP contribution in [0.3, 0.4) is 0 Å². The van der Waals surface area contributed by atoms with Crippen molar-refractivity contribution in [3.8, 4) is 5.75 Å². The lowest BCUT2D eigenvalue weighted by atomic mass is 10.1. The SMILES string of the molecule is Clc1cc(Cl)cc(OCc2ccccc2CNC2CC2)c1. The molecule has 0 aromatic heterocycles. The van der Waals surface area contributed by atoms with Gasteiger partial charge in [-0.3, -0.25) is 0 Å². The van der Waals surface area contributed by atoms with Gasteiger partial charge in [0.25, 0.3) is 0 Å². The van der Waals surface area contributed by atoms with E-state index in [0.717, 1.165) is 6.54 Å². The molecule has 4 heteroatoms. The summed E-state index contributed by atoms with van der Waals surface area (Å²) in [5, 5.41) is 4.70. The van der Waals surface area contributed by atoms with Crippen LogP contribution in [-0.4, -0.2) is 6.04 Å². The first-order valence-corrected chi connectivity index (χ1v) is 7.85. The van der Waals surface area contributed by atoms with Gasteiger partial charge in [-0.25, -0.2) is 0 Å². The fourth-order valence-electron chi connectivity index (χ4n) is 2.19. The van der Waals surface area contributed by atoms with E-state index in [1.54, 1.807) is 18.2 Å². The average Bonchev–Trinajstić information content (AvgIpc) is 3.27. The first-order valence-electron chi connectivity index (χ1n) is 7.10. The molecule has 0 amide bonds. The maximum Gasteiger partial charge on any atom is 0.122 e. The predicted molar refractivity (Wildman–Crippen MR) is 87.1 cm³/mol. The molecule has 2 nitrogen and oxygen atoms in total. The zero-order chi connectivity index (χ0) is 14.7. The molecular weight excluding hydrogens is 305 g/mol. The van der Waals surface area contributed by atoms with Gasteiger partial charge in [0.15, 0.2) is 0 Å². The van der Waals surface area contributed by atoms with Crippen LogP contribution >= 0.6 is 23.2 Å². The summed E-state index contributed by atoms with van der Waals surface area (Å²) in [7, 11) is 0. The number of hydrogen-bond acceptors (Lipinski definition) is 2. The van der Waals surface area contributed by atoms with Gasteiger partial charge in [-0.2, -0.15) is 0 Å². The number of ether oxygens (including phenoxy) is 1. The van der Waals surface area contributed by atoms with E-state index < -0.39 is 0 Å². The average molecular weight is 322 g/mol. The Morgan fingerprint density at radius 3 is 2.33 bits per heavy atom. The molecule has 2 aromatic rings. The van der Waals surface area contributed by atoms with Crippen LogP contribution in [0.1, 0.15) is 24.0 Å². The van der Waals surface area contributed by atoms with Gasteiger partial charge in [-0.05, 0) is 42.2 Å². The third-order valence-corrected chi connectivity index (χ3v) is 3.94. The molecule has 1 N–H and O–H groups in total. The van der Waals surface area contributed by atoms with Crippen molar-refractivity contribution in [3.05, 3.63) is 63.6 Å². The normalized spacial score (nSPS) is 14.2. The van der Waals surface area contributed by atoms with Gasteiger partial charge < -0.3 is 10.1 Å². The van der Waals surface area contributed by atoms with Crippen molar-refractivity contribution >= 4 is 23.2 Å². The van der Waals surface area contributed by atoms with Crippen molar-refractivity contribution in [1.82, 2.24) is 5.32 Å². The standard InChI is InChI=1S/C17H17Cl2NO/c18-14-7-15(19)9-17(8-14)21-11-13-4-2-1-3-12(13)10-20-16-5-6-16/h1-4,7-9,16,20H,5-6,10-11H2. The lowest BCUT2D eigenvalue weighted by Crippen LogP contribution is -2.16.